The van der Waals surface area contributed by atoms with E-state index in [9.17, 15) is 0 Å². The summed E-state index contributed by atoms with van der Waals surface area (Å²) < 4.78 is 5.92. The predicted octanol–water partition coefficient (Wildman–Crippen LogP) is 3.30. The van der Waals surface area contributed by atoms with Gasteiger partial charge in [0, 0.05) is 17.8 Å². The van der Waals surface area contributed by atoms with E-state index in [1.54, 1.807) is 0 Å². The number of hydrogen-bond donors (Lipinski definition) is 1. The Balaban J connectivity index is 1.83. The molecule has 0 bridgehead atoms. The van der Waals surface area contributed by atoms with Gasteiger partial charge in [0.25, 0.3) is 0 Å². The molecule has 1 saturated heterocycles. The Morgan fingerprint density at radius 3 is 3.11 bits per heavy atom. The first kappa shape index (κ1) is 12.3. The molecule has 3 rings (SSSR count). The van der Waals surface area contributed by atoms with Crippen LogP contribution in [0.5, 0.6) is 0 Å². The minimum Gasteiger partial charge on any atom is -0.461 e. The maximum Gasteiger partial charge on any atom is 0.135 e. The van der Waals surface area contributed by atoms with E-state index in [0.29, 0.717) is 11.6 Å². The van der Waals surface area contributed by atoms with Gasteiger partial charge in [-0.1, -0.05) is 0 Å². The van der Waals surface area contributed by atoms with Gasteiger partial charge >= 0.3 is 0 Å². The van der Waals surface area contributed by atoms with Crippen molar-refractivity contribution in [2.24, 2.45) is 0 Å². The van der Waals surface area contributed by atoms with E-state index in [1.807, 2.05) is 18.2 Å². The largest absolute Gasteiger partial charge is 0.461 e. The predicted molar refractivity (Wildman–Crippen MR) is 75.0 cm³/mol. The summed E-state index contributed by atoms with van der Waals surface area (Å²) in [5.74, 6) is 1.07. The van der Waals surface area contributed by atoms with Crippen LogP contribution in [0.4, 0.5) is 0 Å². The number of nitrogens with zero attached hydrogens (tertiary/aromatic N) is 1. The van der Waals surface area contributed by atoms with Crippen molar-refractivity contribution in [2.45, 2.75) is 38.6 Å². The first-order valence-corrected chi connectivity index (χ1v) is 6.93. The monoisotopic (exact) mass is 254 g/mol. The normalized spacial score (nSPS) is 18.8. The minimum absolute atomic E-state index is 0.641. The highest BCUT2D eigenvalue weighted by molar-refractivity contribution is 5.83. The maximum absolute atomic E-state index is 8.92. The fourth-order valence-corrected chi connectivity index (χ4v) is 2.89. The van der Waals surface area contributed by atoms with Crippen LogP contribution < -0.4 is 5.32 Å². The standard InChI is InChI=1S/C16H18N2O/c1-11-14-6-4-12(10-17)9-16(14)19-15(11)7-5-13-3-2-8-18-13/h4,6,9,13,18H,2-3,5,7-8H2,1H3/t13-/m0/s1. The van der Waals surface area contributed by atoms with Gasteiger partial charge in [0.1, 0.15) is 11.3 Å². The molecule has 1 aromatic carbocycles. The fraction of sp³-hybridized carbons (Fsp3) is 0.438. The Morgan fingerprint density at radius 1 is 1.47 bits per heavy atom. The first-order valence-electron chi connectivity index (χ1n) is 6.93. The summed E-state index contributed by atoms with van der Waals surface area (Å²) in [6.07, 6.45) is 4.67. The van der Waals surface area contributed by atoms with Crippen LogP contribution in [0.1, 0.15) is 36.1 Å². The van der Waals surface area contributed by atoms with Crippen LogP contribution in [0.2, 0.25) is 0 Å². The summed E-state index contributed by atoms with van der Waals surface area (Å²) in [5, 5.41) is 13.6. The topological polar surface area (TPSA) is 49.0 Å². The van der Waals surface area contributed by atoms with Crippen LogP contribution >= 0.6 is 0 Å². The highest BCUT2D eigenvalue weighted by Gasteiger charge is 2.16. The SMILES string of the molecule is Cc1c(CC[C@@H]2CCCN2)oc2cc(C#N)ccc12. The lowest BCUT2D eigenvalue weighted by molar-refractivity contribution is 0.492. The number of nitriles is 1. The first-order chi connectivity index (χ1) is 9.28. The molecule has 0 saturated carbocycles. The molecule has 1 aliphatic heterocycles. The minimum atomic E-state index is 0.641. The van der Waals surface area contributed by atoms with E-state index >= 15 is 0 Å². The van der Waals surface area contributed by atoms with Crippen LogP contribution in [-0.2, 0) is 6.42 Å². The van der Waals surface area contributed by atoms with Crippen molar-refractivity contribution < 1.29 is 4.42 Å². The van der Waals surface area contributed by atoms with Gasteiger partial charge < -0.3 is 9.73 Å². The molecule has 0 unspecified atom stereocenters. The van der Waals surface area contributed by atoms with Crippen LogP contribution in [-0.4, -0.2) is 12.6 Å². The van der Waals surface area contributed by atoms with E-state index < -0.39 is 0 Å². The average molecular weight is 254 g/mol. The number of furan rings is 1. The summed E-state index contributed by atoms with van der Waals surface area (Å²) in [7, 11) is 0. The molecule has 2 heterocycles. The summed E-state index contributed by atoms with van der Waals surface area (Å²) in [6.45, 7) is 3.25. The summed E-state index contributed by atoms with van der Waals surface area (Å²) in [4.78, 5) is 0. The van der Waals surface area contributed by atoms with Crippen LogP contribution in [0.3, 0.4) is 0 Å². The van der Waals surface area contributed by atoms with Gasteiger partial charge in [-0.25, -0.2) is 0 Å². The Bertz CT molecular complexity index is 630. The Kier molecular flexibility index (Phi) is 3.27. The number of benzene rings is 1. The molecule has 0 amide bonds. The van der Waals surface area contributed by atoms with Crippen molar-refractivity contribution in [1.29, 1.82) is 5.26 Å². The zero-order valence-corrected chi connectivity index (χ0v) is 11.2. The Hall–Kier alpha value is -1.79. The van der Waals surface area contributed by atoms with Crippen molar-refractivity contribution in [3.05, 3.63) is 35.1 Å². The van der Waals surface area contributed by atoms with Crippen LogP contribution in [0.15, 0.2) is 22.6 Å². The summed E-state index contributed by atoms with van der Waals surface area (Å²) in [6, 6.07) is 8.47. The molecule has 98 valence electrons. The lowest BCUT2D eigenvalue weighted by Crippen LogP contribution is -2.21. The molecule has 3 nitrogen and oxygen atoms in total. The van der Waals surface area contributed by atoms with Crippen LogP contribution in [0, 0.1) is 18.3 Å². The highest BCUT2D eigenvalue weighted by Crippen LogP contribution is 2.27. The molecule has 1 fully saturated rings. The number of rotatable bonds is 3. The summed E-state index contributed by atoms with van der Waals surface area (Å²) >= 11 is 0. The number of aryl methyl sites for hydroxylation is 2. The van der Waals surface area contributed by atoms with Crippen molar-refractivity contribution >= 4 is 11.0 Å². The van der Waals surface area contributed by atoms with E-state index in [1.165, 1.54) is 18.4 Å². The molecule has 0 spiro atoms. The lowest BCUT2D eigenvalue weighted by atomic mass is 10.0. The second-order valence-corrected chi connectivity index (χ2v) is 5.30. The van der Waals surface area contributed by atoms with Gasteiger partial charge in [0.2, 0.25) is 0 Å². The molecule has 1 N–H and O–H groups in total. The van der Waals surface area contributed by atoms with E-state index in [4.69, 9.17) is 9.68 Å². The van der Waals surface area contributed by atoms with Gasteiger partial charge in [-0.05, 0) is 56.5 Å². The third-order valence-corrected chi connectivity index (χ3v) is 4.05. The number of hydrogen-bond acceptors (Lipinski definition) is 3. The van der Waals surface area contributed by atoms with Crippen molar-refractivity contribution in [2.75, 3.05) is 6.54 Å². The van der Waals surface area contributed by atoms with E-state index in [-0.39, 0.29) is 0 Å². The third-order valence-electron chi connectivity index (χ3n) is 4.05. The third kappa shape index (κ3) is 2.36. The van der Waals surface area contributed by atoms with Gasteiger partial charge in [0.05, 0.1) is 11.6 Å². The Morgan fingerprint density at radius 2 is 2.37 bits per heavy atom. The summed E-state index contributed by atoms with van der Waals surface area (Å²) in [5.41, 5.74) is 2.72. The maximum atomic E-state index is 8.92. The second-order valence-electron chi connectivity index (χ2n) is 5.30. The molecule has 19 heavy (non-hydrogen) atoms. The molecule has 0 radical (unpaired) electrons. The molecule has 1 aromatic heterocycles. The quantitative estimate of drug-likeness (QED) is 0.914. The molecule has 0 aliphatic carbocycles. The van der Waals surface area contributed by atoms with E-state index in [0.717, 1.165) is 36.1 Å². The van der Waals surface area contributed by atoms with Gasteiger partial charge in [-0.2, -0.15) is 5.26 Å². The van der Waals surface area contributed by atoms with Crippen molar-refractivity contribution in [3.63, 3.8) is 0 Å². The number of fused-ring (bicyclic) bond motifs is 1. The fourth-order valence-electron chi connectivity index (χ4n) is 2.89. The number of nitrogens with one attached hydrogen (secondary N) is 1. The zero-order chi connectivity index (χ0) is 13.2. The lowest BCUT2D eigenvalue weighted by Gasteiger charge is -2.08. The average Bonchev–Trinajstić information content (AvgIpc) is 3.04. The van der Waals surface area contributed by atoms with Crippen molar-refractivity contribution in [3.8, 4) is 6.07 Å². The molecule has 2 aromatic rings. The molecular weight excluding hydrogens is 236 g/mol. The van der Waals surface area contributed by atoms with Crippen molar-refractivity contribution in [1.82, 2.24) is 5.32 Å². The molecule has 3 heteroatoms. The molecular formula is C16H18N2O. The van der Waals surface area contributed by atoms with E-state index in [2.05, 4.69) is 18.3 Å². The van der Waals surface area contributed by atoms with Gasteiger partial charge in [0.15, 0.2) is 0 Å². The van der Waals surface area contributed by atoms with Crippen LogP contribution in [0.25, 0.3) is 11.0 Å². The second kappa shape index (κ2) is 5.07. The molecule has 1 atom stereocenters. The van der Waals surface area contributed by atoms with Gasteiger partial charge in [-0.15, -0.1) is 0 Å². The zero-order valence-electron chi connectivity index (χ0n) is 11.2. The molecule has 1 aliphatic rings. The Labute approximate surface area is 113 Å². The van der Waals surface area contributed by atoms with Gasteiger partial charge in [-0.3, -0.25) is 0 Å². The smallest absolute Gasteiger partial charge is 0.135 e. The highest BCUT2D eigenvalue weighted by atomic mass is 16.3.